The lowest BCUT2D eigenvalue weighted by Gasteiger charge is -2.17. The van der Waals surface area contributed by atoms with Crippen LogP contribution in [0.5, 0.6) is 0 Å². The number of rotatable bonds is 2. The molecule has 0 aliphatic carbocycles. The van der Waals surface area contributed by atoms with Gasteiger partial charge in [0.15, 0.2) is 0 Å². The van der Waals surface area contributed by atoms with Crippen molar-refractivity contribution in [3.8, 4) is 0 Å². The molecule has 1 saturated heterocycles. The standard InChI is InChI=1S/C12H12Br2N2O2/c13-8-1-2-10(14)9(5-8)12(18)16-4-3-7(6-16)11(15)17/h1-2,5,7H,3-4,6H2,(H2,15,17). The number of nitrogens with two attached hydrogens (primary N) is 1. The second-order valence-corrected chi connectivity index (χ2v) is 6.03. The Morgan fingerprint density at radius 2 is 2.06 bits per heavy atom. The first-order valence-corrected chi connectivity index (χ1v) is 7.11. The molecule has 0 aromatic heterocycles. The normalized spacial score (nSPS) is 19.0. The highest BCUT2D eigenvalue weighted by atomic mass is 79.9. The quantitative estimate of drug-likeness (QED) is 0.860. The fraction of sp³-hybridized carbons (Fsp3) is 0.333. The highest BCUT2D eigenvalue weighted by Gasteiger charge is 2.30. The summed E-state index contributed by atoms with van der Waals surface area (Å²) in [6, 6.07) is 5.44. The van der Waals surface area contributed by atoms with E-state index >= 15 is 0 Å². The Hall–Kier alpha value is -0.880. The van der Waals surface area contributed by atoms with E-state index in [9.17, 15) is 9.59 Å². The zero-order chi connectivity index (χ0) is 13.3. The number of hydrogen-bond donors (Lipinski definition) is 1. The van der Waals surface area contributed by atoms with Crippen molar-refractivity contribution in [1.82, 2.24) is 4.90 Å². The maximum absolute atomic E-state index is 12.3. The molecular formula is C12H12Br2N2O2. The molecule has 2 N–H and O–H groups in total. The summed E-state index contributed by atoms with van der Waals surface area (Å²) in [5.41, 5.74) is 5.85. The van der Waals surface area contributed by atoms with Crippen molar-refractivity contribution in [3.05, 3.63) is 32.7 Å². The molecule has 1 aromatic rings. The van der Waals surface area contributed by atoms with Crippen molar-refractivity contribution in [1.29, 1.82) is 0 Å². The van der Waals surface area contributed by atoms with Crippen LogP contribution in [0, 0.1) is 5.92 Å². The number of carbonyl (C=O) groups excluding carboxylic acids is 2. The molecule has 1 aliphatic heterocycles. The Morgan fingerprint density at radius 3 is 2.67 bits per heavy atom. The number of carbonyl (C=O) groups is 2. The van der Waals surface area contributed by atoms with Gasteiger partial charge in [-0.2, -0.15) is 0 Å². The molecule has 0 saturated carbocycles. The molecule has 1 unspecified atom stereocenters. The lowest BCUT2D eigenvalue weighted by Crippen LogP contribution is -2.31. The van der Waals surface area contributed by atoms with Gasteiger partial charge in [-0.1, -0.05) is 15.9 Å². The summed E-state index contributed by atoms with van der Waals surface area (Å²) < 4.78 is 1.60. The average Bonchev–Trinajstić information content (AvgIpc) is 2.81. The van der Waals surface area contributed by atoms with Gasteiger partial charge in [-0.3, -0.25) is 9.59 Å². The van der Waals surface area contributed by atoms with E-state index in [-0.39, 0.29) is 17.7 Å². The van der Waals surface area contributed by atoms with Crippen LogP contribution in [0.15, 0.2) is 27.1 Å². The third-order valence-corrected chi connectivity index (χ3v) is 4.22. The molecule has 0 spiro atoms. The van der Waals surface area contributed by atoms with E-state index in [0.29, 0.717) is 25.1 Å². The minimum Gasteiger partial charge on any atom is -0.369 e. The first kappa shape index (κ1) is 13.5. The van der Waals surface area contributed by atoms with Gasteiger partial charge < -0.3 is 10.6 Å². The maximum atomic E-state index is 12.3. The monoisotopic (exact) mass is 374 g/mol. The molecule has 18 heavy (non-hydrogen) atoms. The van der Waals surface area contributed by atoms with E-state index in [1.54, 1.807) is 11.0 Å². The van der Waals surface area contributed by atoms with Crippen LogP contribution in [0.2, 0.25) is 0 Å². The van der Waals surface area contributed by atoms with Gasteiger partial charge in [0.05, 0.1) is 11.5 Å². The Morgan fingerprint density at radius 1 is 1.33 bits per heavy atom. The molecule has 1 fully saturated rings. The largest absolute Gasteiger partial charge is 0.369 e. The fourth-order valence-electron chi connectivity index (χ4n) is 2.01. The van der Waals surface area contributed by atoms with Crippen LogP contribution in [0.4, 0.5) is 0 Å². The third kappa shape index (κ3) is 2.75. The highest BCUT2D eigenvalue weighted by Crippen LogP contribution is 2.25. The van der Waals surface area contributed by atoms with Gasteiger partial charge in [0.1, 0.15) is 0 Å². The number of halogens is 2. The Labute approximate surface area is 122 Å². The van der Waals surface area contributed by atoms with E-state index in [1.807, 2.05) is 12.1 Å². The first-order valence-electron chi connectivity index (χ1n) is 5.52. The number of likely N-dealkylation sites (tertiary alicyclic amines) is 1. The van der Waals surface area contributed by atoms with Crippen LogP contribution in [-0.4, -0.2) is 29.8 Å². The highest BCUT2D eigenvalue weighted by molar-refractivity contribution is 9.11. The predicted octanol–water partition coefficient (Wildman–Crippen LogP) is 2.16. The molecule has 6 heteroatoms. The molecule has 2 amide bonds. The van der Waals surface area contributed by atoms with Gasteiger partial charge in [0, 0.05) is 22.0 Å². The van der Waals surface area contributed by atoms with Crippen molar-refractivity contribution >= 4 is 43.7 Å². The van der Waals surface area contributed by atoms with E-state index in [1.165, 1.54) is 0 Å². The topological polar surface area (TPSA) is 63.4 Å². The van der Waals surface area contributed by atoms with Gasteiger partial charge in [-0.15, -0.1) is 0 Å². The minimum atomic E-state index is -0.335. The van der Waals surface area contributed by atoms with E-state index in [4.69, 9.17) is 5.73 Å². The molecule has 1 atom stereocenters. The Kier molecular flexibility index (Phi) is 4.07. The lowest BCUT2D eigenvalue weighted by atomic mass is 10.1. The van der Waals surface area contributed by atoms with Crippen LogP contribution in [0.1, 0.15) is 16.8 Å². The van der Waals surface area contributed by atoms with Crippen molar-refractivity contribution in [2.24, 2.45) is 11.7 Å². The Bertz CT molecular complexity index is 505. The second-order valence-electron chi connectivity index (χ2n) is 4.26. The van der Waals surface area contributed by atoms with Gasteiger partial charge in [0.2, 0.25) is 5.91 Å². The molecule has 1 aromatic carbocycles. The van der Waals surface area contributed by atoms with Crippen LogP contribution in [0.25, 0.3) is 0 Å². The SMILES string of the molecule is NC(=O)C1CCN(C(=O)c2cc(Br)ccc2Br)C1. The Balaban J connectivity index is 2.17. The predicted molar refractivity (Wildman–Crippen MR) is 75.0 cm³/mol. The van der Waals surface area contributed by atoms with Crippen LogP contribution >= 0.6 is 31.9 Å². The molecular weight excluding hydrogens is 364 g/mol. The van der Waals surface area contributed by atoms with Crippen molar-refractivity contribution < 1.29 is 9.59 Å². The minimum absolute atomic E-state index is 0.0769. The molecule has 0 radical (unpaired) electrons. The second kappa shape index (κ2) is 5.40. The summed E-state index contributed by atoms with van der Waals surface area (Å²) in [4.78, 5) is 25.1. The van der Waals surface area contributed by atoms with Crippen LogP contribution in [-0.2, 0) is 4.79 Å². The van der Waals surface area contributed by atoms with E-state index in [2.05, 4.69) is 31.9 Å². The van der Waals surface area contributed by atoms with Crippen LogP contribution in [0.3, 0.4) is 0 Å². The smallest absolute Gasteiger partial charge is 0.255 e. The number of nitrogens with zero attached hydrogens (tertiary/aromatic N) is 1. The van der Waals surface area contributed by atoms with E-state index < -0.39 is 0 Å². The lowest BCUT2D eigenvalue weighted by molar-refractivity contribution is -0.121. The summed E-state index contributed by atoms with van der Waals surface area (Å²) >= 11 is 6.70. The number of primary amides is 1. The zero-order valence-corrected chi connectivity index (χ0v) is 12.7. The van der Waals surface area contributed by atoms with Gasteiger partial charge >= 0.3 is 0 Å². The number of benzene rings is 1. The van der Waals surface area contributed by atoms with Crippen molar-refractivity contribution in [2.45, 2.75) is 6.42 Å². The first-order chi connectivity index (χ1) is 8.49. The average molecular weight is 376 g/mol. The van der Waals surface area contributed by atoms with E-state index in [0.717, 1.165) is 8.95 Å². The summed E-state index contributed by atoms with van der Waals surface area (Å²) in [5.74, 6) is -0.634. The molecule has 2 rings (SSSR count). The van der Waals surface area contributed by atoms with Gasteiger partial charge in [-0.05, 0) is 40.5 Å². The maximum Gasteiger partial charge on any atom is 0.255 e. The molecule has 96 valence electrons. The summed E-state index contributed by atoms with van der Waals surface area (Å²) in [7, 11) is 0. The third-order valence-electron chi connectivity index (χ3n) is 3.04. The molecule has 1 aliphatic rings. The van der Waals surface area contributed by atoms with Gasteiger partial charge in [0.25, 0.3) is 5.91 Å². The van der Waals surface area contributed by atoms with Crippen molar-refractivity contribution in [3.63, 3.8) is 0 Å². The summed E-state index contributed by atoms with van der Waals surface area (Å²) in [6.07, 6.45) is 0.646. The van der Waals surface area contributed by atoms with Crippen molar-refractivity contribution in [2.75, 3.05) is 13.1 Å². The summed E-state index contributed by atoms with van der Waals surface area (Å²) in [6.45, 7) is 0.985. The molecule has 0 bridgehead atoms. The molecule has 1 heterocycles. The fourth-order valence-corrected chi connectivity index (χ4v) is 2.79. The van der Waals surface area contributed by atoms with Crippen LogP contribution < -0.4 is 5.73 Å². The molecule has 4 nitrogen and oxygen atoms in total. The van der Waals surface area contributed by atoms with Gasteiger partial charge in [-0.25, -0.2) is 0 Å². The zero-order valence-electron chi connectivity index (χ0n) is 9.53. The number of amides is 2. The number of hydrogen-bond acceptors (Lipinski definition) is 2. The summed E-state index contributed by atoms with van der Waals surface area (Å²) in [5, 5.41) is 0.